The average Bonchev–Trinajstić information content (AvgIpc) is 2.27. The highest BCUT2D eigenvalue weighted by molar-refractivity contribution is 9.10. The summed E-state index contributed by atoms with van der Waals surface area (Å²) < 4.78 is 40.7. The molecule has 2 aromatic carbocycles. The van der Waals surface area contributed by atoms with Crippen LogP contribution in [0.4, 0.5) is 10.1 Å². The number of nitrogens with one attached hydrogen (secondary N) is 1. The van der Waals surface area contributed by atoms with E-state index in [0.29, 0.717) is 5.69 Å². The summed E-state index contributed by atoms with van der Waals surface area (Å²) in [7, 11) is -3.76. The largest absolute Gasteiger partial charge is 0.280 e. The van der Waals surface area contributed by atoms with Gasteiger partial charge in [0.1, 0.15) is 10.7 Å². The Bertz CT molecular complexity index is 719. The molecule has 0 saturated heterocycles. The molecule has 0 spiro atoms. The molecule has 0 aromatic heterocycles. The van der Waals surface area contributed by atoms with Crippen LogP contribution < -0.4 is 4.72 Å². The minimum Gasteiger partial charge on any atom is -0.280 e. The Balaban J connectivity index is 2.38. The van der Waals surface area contributed by atoms with Crippen molar-refractivity contribution in [3.05, 3.63) is 57.2 Å². The Morgan fingerprint density at radius 3 is 2.42 bits per heavy atom. The van der Waals surface area contributed by atoms with Gasteiger partial charge in [-0.1, -0.05) is 22.0 Å². The summed E-state index contributed by atoms with van der Waals surface area (Å²) in [5.41, 5.74) is 0.422. The predicted molar refractivity (Wildman–Crippen MR) is 79.1 cm³/mol. The maximum absolute atomic E-state index is 13.0. The molecule has 3 nitrogen and oxygen atoms in total. The second-order valence-corrected chi connectivity index (χ2v) is 7.11. The predicted octanol–water partition coefficient (Wildman–Crippen LogP) is 4.15. The van der Waals surface area contributed by atoms with E-state index >= 15 is 0 Å². The highest BCUT2D eigenvalue weighted by Gasteiger charge is 2.18. The second-order valence-electron chi connectivity index (χ2n) is 3.69. The molecule has 0 unspecified atom stereocenters. The molecule has 0 fully saturated rings. The van der Waals surface area contributed by atoms with Gasteiger partial charge in [-0.15, -0.1) is 0 Å². The van der Waals surface area contributed by atoms with Gasteiger partial charge in [0.05, 0.1) is 0 Å². The molecular formula is C12H8Br2FNO2S. The van der Waals surface area contributed by atoms with Gasteiger partial charge >= 0.3 is 0 Å². The van der Waals surface area contributed by atoms with Crippen molar-refractivity contribution in [3.8, 4) is 0 Å². The zero-order chi connectivity index (χ0) is 14.0. The number of anilines is 1. The topological polar surface area (TPSA) is 46.2 Å². The molecule has 0 amide bonds. The van der Waals surface area contributed by atoms with Crippen LogP contribution in [0.5, 0.6) is 0 Å². The fraction of sp³-hybridized carbons (Fsp3) is 0. The van der Waals surface area contributed by atoms with Crippen molar-refractivity contribution in [1.29, 1.82) is 0 Å². The van der Waals surface area contributed by atoms with Gasteiger partial charge in [0.15, 0.2) is 0 Å². The quantitative estimate of drug-likeness (QED) is 0.828. The third kappa shape index (κ3) is 3.55. The Labute approximate surface area is 127 Å². The highest BCUT2D eigenvalue weighted by Crippen LogP contribution is 2.25. The smallest absolute Gasteiger partial charge is 0.263 e. The molecule has 7 heteroatoms. The minimum absolute atomic E-state index is 0.0196. The maximum Gasteiger partial charge on any atom is 0.263 e. The minimum atomic E-state index is -3.76. The normalized spacial score (nSPS) is 11.3. The molecule has 0 aliphatic heterocycles. The highest BCUT2D eigenvalue weighted by atomic mass is 79.9. The van der Waals surface area contributed by atoms with Gasteiger partial charge < -0.3 is 0 Å². The van der Waals surface area contributed by atoms with E-state index < -0.39 is 15.8 Å². The van der Waals surface area contributed by atoms with Gasteiger partial charge in [0, 0.05) is 14.6 Å². The SMILES string of the molecule is O=S(=O)(Nc1cccc(Br)c1)c1ccc(F)cc1Br. The zero-order valence-corrected chi connectivity index (χ0v) is 13.4. The Morgan fingerprint density at radius 2 is 1.79 bits per heavy atom. The molecule has 0 atom stereocenters. The van der Waals surface area contributed by atoms with Crippen LogP contribution in [0.1, 0.15) is 0 Å². The number of hydrogen-bond donors (Lipinski definition) is 1. The molecule has 0 aliphatic carbocycles. The first-order valence-electron chi connectivity index (χ1n) is 5.12. The molecule has 0 saturated carbocycles. The van der Waals surface area contributed by atoms with E-state index in [1.54, 1.807) is 24.3 Å². The van der Waals surface area contributed by atoms with Crippen molar-refractivity contribution < 1.29 is 12.8 Å². The summed E-state index contributed by atoms with van der Waals surface area (Å²) >= 11 is 6.30. The molecule has 100 valence electrons. The maximum atomic E-state index is 13.0. The molecule has 0 radical (unpaired) electrons. The van der Waals surface area contributed by atoms with Crippen LogP contribution in [-0.4, -0.2) is 8.42 Å². The van der Waals surface area contributed by atoms with E-state index in [1.165, 1.54) is 6.07 Å². The van der Waals surface area contributed by atoms with Gasteiger partial charge in [-0.2, -0.15) is 0 Å². The number of benzene rings is 2. The monoisotopic (exact) mass is 407 g/mol. The van der Waals surface area contributed by atoms with E-state index in [2.05, 4.69) is 36.6 Å². The van der Waals surface area contributed by atoms with Crippen molar-refractivity contribution in [3.63, 3.8) is 0 Å². The van der Waals surface area contributed by atoms with Crippen molar-refractivity contribution in [2.75, 3.05) is 4.72 Å². The van der Waals surface area contributed by atoms with Crippen molar-refractivity contribution in [2.45, 2.75) is 4.90 Å². The van der Waals surface area contributed by atoms with Crippen molar-refractivity contribution in [1.82, 2.24) is 0 Å². The molecule has 19 heavy (non-hydrogen) atoms. The standard InChI is InChI=1S/C12H8Br2FNO2S/c13-8-2-1-3-10(6-8)16-19(17,18)12-5-4-9(15)7-11(12)14/h1-7,16H. The molecule has 1 N–H and O–H groups in total. The Kier molecular flexibility index (Phi) is 4.27. The van der Waals surface area contributed by atoms with Crippen molar-refractivity contribution >= 4 is 47.6 Å². The van der Waals surface area contributed by atoms with E-state index in [1.807, 2.05) is 0 Å². The van der Waals surface area contributed by atoms with Crippen LogP contribution in [0.3, 0.4) is 0 Å². The van der Waals surface area contributed by atoms with Gasteiger partial charge in [-0.3, -0.25) is 4.72 Å². The van der Waals surface area contributed by atoms with E-state index in [0.717, 1.165) is 16.6 Å². The summed E-state index contributed by atoms with van der Waals surface area (Å²) in [6, 6.07) is 10.2. The lowest BCUT2D eigenvalue weighted by atomic mass is 10.3. The Hall–Kier alpha value is -0.920. The van der Waals surface area contributed by atoms with Crippen molar-refractivity contribution in [2.24, 2.45) is 0 Å². The van der Waals surface area contributed by atoms with Gasteiger partial charge in [-0.25, -0.2) is 12.8 Å². The third-order valence-electron chi connectivity index (χ3n) is 2.26. The van der Waals surface area contributed by atoms with Crippen LogP contribution in [0.2, 0.25) is 0 Å². The second kappa shape index (κ2) is 5.60. The van der Waals surface area contributed by atoms with Crippen LogP contribution in [0, 0.1) is 5.82 Å². The summed E-state index contributed by atoms with van der Waals surface area (Å²) in [4.78, 5) is -0.0196. The van der Waals surface area contributed by atoms with Gasteiger partial charge in [0.2, 0.25) is 0 Å². The number of sulfonamides is 1. The lowest BCUT2D eigenvalue weighted by molar-refractivity contribution is 0.599. The number of hydrogen-bond acceptors (Lipinski definition) is 2. The fourth-order valence-corrected chi connectivity index (χ4v) is 3.95. The summed E-state index contributed by atoms with van der Waals surface area (Å²) in [5.74, 6) is -0.506. The molecular weight excluding hydrogens is 401 g/mol. The third-order valence-corrected chi connectivity index (χ3v) is 5.11. The van der Waals surface area contributed by atoms with E-state index in [4.69, 9.17) is 0 Å². The molecule has 0 bridgehead atoms. The summed E-state index contributed by atoms with van der Waals surface area (Å²) in [6.07, 6.45) is 0. The lowest BCUT2D eigenvalue weighted by Crippen LogP contribution is -2.13. The Morgan fingerprint density at radius 1 is 1.05 bits per heavy atom. The van der Waals surface area contributed by atoms with E-state index in [-0.39, 0.29) is 9.37 Å². The molecule has 0 aliphatic rings. The molecule has 2 aromatic rings. The van der Waals surface area contributed by atoms with E-state index in [9.17, 15) is 12.8 Å². The first-order chi connectivity index (χ1) is 8.88. The van der Waals surface area contributed by atoms with Gasteiger partial charge in [0.25, 0.3) is 10.0 Å². The van der Waals surface area contributed by atoms with Crippen LogP contribution in [0.25, 0.3) is 0 Å². The number of halogens is 3. The fourth-order valence-electron chi connectivity index (χ4n) is 1.46. The van der Waals surface area contributed by atoms with Crippen LogP contribution in [0.15, 0.2) is 56.3 Å². The average molecular weight is 409 g/mol. The lowest BCUT2D eigenvalue weighted by Gasteiger charge is -2.09. The molecule has 2 rings (SSSR count). The first kappa shape index (κ1) is 14.5. The summed E-state index contributed by atoms with van der Waals surface area (Å²) in [6.45, 7) is 0. The van der Waals surface area contributed by atoms with Gasteiger partial charge in [-0.05, 0) is 52.3 Å². The van der Waals surface area contributed by atoms with Crippen LogP contribution >= 0.6 is 31.9 Å². The first-order valence-corrected chi connectivity index (χ1v) is 8.19. The number of rotatable bonds is 3. The zero-order valence-electron chi connectivity index (χ0n) is 9.40. The molecule has 0 heterocycles. The van der Waals surface area contributed by atoms with Crippen LogP contribution in [-0.2, 0) is 10.0 Å². The summed E-state index contributed by atoms with van der Waals surface area (Å²) in [5, 5.41) is 0.